The second kappa shape index (κ2) is 5.30. The maximum atomic E-state index is 13.0. The zero-order valence-corrected chi connectivity index (χ0v) is 12.0. The molecule has 0 aromatic carbocycles. The van der Waals surface area contributed by atoms with Crippen molar-refractivity contribution in [2.45, 2.75) is 38.2 Å². The van der Waals surface area contributed by atoms with Crippen molar-refractivity contribution in [2.24, 2.45) is 5.10 Å². The van der Waals surface area contributed by atoms with Crippen LogP contribution in [0.1, 0.15) is 25.1 Å². The van der Waals surface area contributed by atoms with Gasteiger partial charge in [-0.3, -0.25) is 19.6 Å². The van der Waals surface area contributed by atoms with Crippen LogP contribution in [0.4, 0.5) is 18.9 Å². The molecule has 0 radical (unpaired) electrons. The summed E-state index contributed by atoms with van der Waals surface area (Å²) in [6.07, 6.45) is -4.29. The molecule has 9 nitrogen and oxygen atoms in total. The molecule has 126 valence electrons. The molecule has 1 aliphatic rings. The fourth-order valence-electron chi connectivity index (χ4n) is 2.05. The minimum Gasteiger partial charge on any atom is -0.362 e. The van der Waals surface area contributed by atoms with E-state index in [0.717, 1.165) is 17.1 Å². The highest BCUT2D eigenvalue weighted by atomic mass is 19.4. The first-order chi connectivity index (χ1) is 10.5. The van der Waals surface area contributed by atoms with Crippen molar-refractivity contribution in [3.05, 3.63) is 22.0 Å². The number of carbonyl (C=O) groups is 1. The van der Waals surface area contributed by atoms with Crippen LogP contribution in [0.5, 0.6) is 0 Å². The molecule has 0 unspecified atom stereocenters. The van der Waals surface area contributed by atoms with Crippen LogP contribution in [0.2, 0.25) is 0 Å². The topological polar surface area (TPSA) is 114 Å². The lowest BCUT2D eigenvalue weighted by molar-refractivity contribution is -0.385. The van der Waals surface area contributed by atoms with Gasteiger partial charge in [0.05, 0.1) is 4.92 Å². The second-order valence-corrected chi connectivity index (χ2v) is 4.98. The highest BCUT2D eigenvalue weighted by Gasteiger charge is 2.62. The number of alkyl halides is 3. The van der Waals surface area contributed by atoms with Crippen molar-refractivity contribution >= 4 is 17.8 Å². The molecule has 0 bridgehead atoms. The number of hydrogen-bond donors (Lipinski definition) is 1. The fraction of sp³-hybridized carbons (Fsp3) is 0.545. The van der Waals surface area contributed by atoms with E-state index in [0.29, 0.717) is 0 Å². The van der Waals surface area contributed by atoms with Gasteiger partial charge in [0.1, 0.15) is 17.9 Å². The third kappa shape index (κ3) is 2.65. The first-order valence-electron chi connectivity index (χ1n) is 6.35. The Kier molecular flexibility index (Phi) is 3.88. The zero-order chi connectivity index (χ0) is 17.6. The van der Waals surface area contributed by atoms with Crippen LogP contribution in [0.15, 0.2) is 11.3 Å². The van der Waals surface area contributed by atoms with Crippen molar-refractivity contribution in [2.75, 3.05) is 0 Å². The number of nitrogens with zero attached hydrogens (tertiary/aromatic N) is 5. The highest BCUT2D eigenvalue weighted by molar-refractivity contribution is 5.83. The number of halogens is 3. The molecular weight excluding hydrogens is 323 g/mol. The average molecular weight is 335 g/mol. The summed E-state index contributed by atoms with van der Waals surface area (Å²) in [7, 11) is 0. The number of aryl methyl sites for hydroxylation is 1. The summed E-state index contributed by atoms with van der Waals surface area (Å²) in [4.78, 5) is 22.3. The molecule has 2 atom stereocenters. The van der Waals surface area contributed by atoms with E-state index >= 15 is 0 Å². The predicted molar refractivity (Wildman–Crippen MR) is 69.3 cm³/mol. The third-order valence-electron chi connectivity index (χ3n) is 3.43. The molecule has 1 aromatic heterocycles. The van der Waals surface area contributed by atoms with Gasteiger partial charge in [-0.1, -0.05) is 0 Å². The largest absolute Gasteiger partial charge is 0.438 e. The molecule has 1 aliphatic heterocycles. The van der Waals surface area contributed by atoms with Crippen molar-refractivity contribution in [3.63, 3.8) is 0 Å². The number of rotatable bonds is 3. The predicted octanol–water partition coefficient (Wildman–Crippen LogP) is 1.13. The van der Waals surface area contributed by atoms with Crippen LogP contribution >= 0.6 is 0 Å². The van der Waals surface area contributed by atoms with Crippen LogP contribution in [-0.4, -0.2) is 48.8 Å². The minimum atomic E-state index is -5.11. The van der Waals surface area contributed by atoms with Crippen LogP contribution in [0, 0.1) is 17.0 Å². The van der Waals surface area contributed by atoms with Crippen LogP contribution in [0.3, 0.4) is 0 Å². The smallest absolute Gasteiger partial charge is 0.362 e. The van der Waals surface area contributed by atoms with Gasteiger partial charge in [0.2, 0.25) is 0 Å². The molecule has 0 spiro atoms. The Morgan fingerprint density at radius 1 is 1.57 bits per heavy atom. The quantitative estimate of drug-likeness (QED) is 0.657. The Balaban J connectivity index is 2.31. The molecule has 12 heteroatoms. The molecule has 0 saturated carbocycles. The molecule has 1 N–H and O–H groups in total. The highest BCUT2D eigenvalue weighted by Crippen LogP contribution is 2.39. The Morgan fingerprint density at radius 2 is 2.17 bits per heavy atom. The van der Waals surface area contributed by atoms with Gasteiger partial charge in [0.25, 0.3) is 11.6 Å². The lowest BCUT2D eigenvalue weighted by Gasteiger charge is -2.33. The van der Waals surface area contributed by atoms with Crippen LogP contribution in [0.25, 0.3) is 0 Å². The van der Waals surface area contributed by atoms with Gasteiger partial charge in [-0.25, -0.2) is 0 Å². The SMILES string of the molecule is Cc1nn([C@H](C)C(=O)N2N=CC[C@]2(O)C(F)(F)F)cc1[N+](=O)[O-]. The van der Waals surface area contributed by atoms with E-state index in [2.05, 4.69) is 10.2 Å². The Hall–Kier alpha value is -2.50. The van der Waals surface area contributed by atoms with Crippen LogP contribution < -0.4 is 0 Å². The van der Waals surface area contributed by atoms with Gasteiger partial charge in [0, 0.05) is 12.6 Å². The third-order valence-corrected chi connectivity index (χ3v) is 3.43. The molecule has 2 rings (SSSR count). The summed E-state index contributed by atoms with van der Waals surface area (Å²) >= 11 is 0. The lowest BCUT2D eigenvalue weighted by Crippen LogP contribution is -2.57. The fourth-order valence-corrected chi connectivity index (χ4v) is 2.05. The maximum absolute atomic E-state index is 13.0. The zero-order valence-electron chi connectivity index (χ0n) is 12.0. The molecule has 23 heavy (non-hydrogen) atoms. The van der Waals surface area contributed by atoms with Gasteiger partial charge in [-0.15, -0.1) is 0 Å². The molecule has 1 amide bonds. The summed E-state index contributed by atoms with van der Waals surface area (Å²) in [6.45, 7) is 2.52. The van der Waals surface area contributed by atoms with Crippen molar-refractivity contribution in [1.82, 2.24) is 14.8 Å². The second-order valence-electron chi connectivity index (χ2n) is 4.98. The molecular formula is C11H12F3N5O4. The Morgan fingerprint density at radius 3 is 2.65 bits per heavy atom. The Bertz CT molecular complexity index is 686. The molecule has 0 saturated heterocycles. The van der Waals surface area contributed by atoms with Crippen molar-refractivity contribution in [1.29, 1.82) is 0 Å². The van der Waals surface area contributed by atoms with E-state index < -0.39 is 35.2 Å². The summed E-state index contributed by atoms with van der Waals surface area (Å²) in [5.74, 6) is -1.20. The Labute approximate surface area is 127 Å². The van der Waals surface area contributed by atoms with Crippen LogP contribution in [-0.2, 0) is 4.79 Å². The van der Waals surface area contributed by atoms with Gasteiger partial charge in [-0.2, -0.15) is 28.4 Å². The first kappa shape index (κ1) is 16.9. The van der Waals surface area contributed by atoms with E-state index in [1.54, 1.807) is 0 Å². The van der Waals surface area contributed by atoms with E-state index in [9.17, 15) is 33.2 Å². The number of nitro groups is 1. The number of hydrazone groups is 1. The minimum absolute atomic E-state index is 0.00524. The molecule has 0 fully saturated rings. The van der Waals surface area contributed by atoms with E-state index in [1.807, 2.05) is 0 Å². The number of aromatic nitrogens is 2. The average Bonchev–Trinajstić information content (AvgIpc) is 3.00. The van der Waals surface area contributed by atoms with E-state index in [4.69, 9.17) is 0 Å². The number of hydrogen-bond acceptors (Lipinski definition) is 6. The van der Waals surface area contributed by atoms with Gasteiger partial charge in [-0.05, 0) is 13.8 Å². The molecule has 2 heterocycles. The van der Waals surface area contributed by atoms with Crippen molar-refractivity contribution in [3.8, 4) is 0 Å². The monoisotopic (exact) mass is 335 g/mol. The summed E-state index contributed by atoms with van der Waals surface area (Å²) in [5, 5.41) is 27.4. The maximum Gasteiger partial charge on any atom is 0.438 e. The molecule has 1 aromatic rings. The van der Waals surface area contributed by atoms with E-state index in [1.165, 1.54) is 13.8 Å². The molecule has 0 aliphatic carbocycles. The summed E-state index contributed by atoms with van der Waals surface area (Å²) in [6, 6.07) is -1.33. The van der Waals surface area contributed by atoms with E-state index in [-0.39, 0.29) is 16.4 Å². The summed E-state index contributed by atoms with van der Waals surface area (Å²) in [5.41, 5.74) is -3.81. The first-order valence-corrected chi connectivity index (χ1v) is 6.35. The van der Waals surface area contributed by atoms with Gasteiger partial charge < -0.3 is 5.11 Å². The normalized spacial score (nSPS) is 22.4. The summed E-state index contributed by atoms with van der Waals surface area (Å²) < 4.78 is 39.7. The standard InChI is InChI=1S/C11H12F3N5O4/c1-6-8(19(22)23)5-17(16-6)7(2)9(20)18-10(21,3-4-15-18)11(12,13)14/h4-5,7,21H,3H2,1-2H3/t7-,10+/m1/s1. The van der Waals surface area contributed by atoms with Crippen molar-refractivity contribution < 1.29 is 28.0 Å². The van der Waals surface area contributed by atoms with Gasteiger partial charge >= 0.3 is 11.9 Å². The number of aliphatic hydroxyl groups is 1. The lowest BCUT2D eigenvalue weighted by atomic mass is 10.1. The van der Waals surface area contributed by atoms with Gasteiger partial charge in [0.15, 0.2) is 0 Å². The number of carbonyl (C=O) groups excluding carboxylic acids is 1. The number of amides is 1.